The van der Waals surface area contributed by atoms with Gasteiger partial charge in [0.15, 0.2) is 0 Å². The number of furan rings is 1. The van der Waals surface area contributed by atoms with Crippen molar-refractivity contribution >= 4 is 11.0 Å². The highest BCUT2D eigenvalue weighted by molar-refractivity contribution is 5.83. The molecule has 0 fully saturated rings. The van der Waals surface area contributed by atoms with E-state index in [4.69, 9.17) is 9.15 Å². The van der Waals surface area contributed by atoms with Gasteiger partial charge in [-0.15, -0.1) is 0 Å². The predicted octanol–water partition coefficient (Wildman–Crippen LogP) is 4.66. The van der Waals surface area contributed by atoms with Gasteiger partial charge in [-0.1, -0.05) is 25.1 Å². The molecule has 116 valence electrons. The minimum atomic E-state index is 0.361. The van der Waals surface area contributed by atoms with E-state index in [0.717, 1.165) is 40.0 Å². The van der Waals surface area contributed by atoms with Crippen molar-refractivity contribution in [2.75, 3.05) is 7.11 Å². The van der Waals surface area contributed by atoms with E-state index < -0.39 is 0 Å². The maximum Gasteiger partial charge on any atom is 0.134 e. The zero-order chi connectivity index (χ0) is 16.2. The van der Waals surface area contributed by atoms with Crippen molar-refractivity contribution < 1.29 is 9.15 Å². The number of nitriles is 1. The molecule has 0 aliphatic heterocycles. The molecule has 0 bridgehead atoms. The van der Waals surface area contributed by atoms with Gasteiger partial charge in [-0.2, -0.15) is 5.26 Å². The van der Waals surface area contributed by atoms with Crippen LogP contribution in [0.4, 0.5) is 0 Å². The van der Waals surface area contributed by atoms with E-state index >= 15 is 0 Å². The first kappa shape index (κ1) is 15.2. The first-order chi connectivity index (χ1) is 11.2. The number of methoxy groups -OCH3 is 1. The Labute approximate surface area is 136 Å². The minimum Gasteiger partial charge on any atom is -0.497 e. The maximum absolute atomic E-state index is 9.19. The van der Waals surface area contributed by atoms with Crippen molar-refractivity contribution in [1.82, 2.24) is 0 Å². The molecule has 1 aromatic heterocycles. The number of hydrogen-bond acceptors (Lipinski definition) is 3. The van der Waals surface area contributed by atoms with Crippen LogP contribution >= 0.6 is 0 Å². The zero-order valence-electron chi connectivity index (χ0n) is 13.4. The molecule has 0 N–H and O–H groups in total. The first-order valence-corrected chi connectivity index (χ1v) is 7.78. The summed E-state index contributed by atoms with van der Waals surface area (Å²) < 4.78 is 11.3. The Bertz CT molecular complexity index is 871. The Morgan fingerprint density at radius 3 is 2.74 bits per heavy atom. The third-order valence-electron chi connectivity index (χ3n) is 4.10. The van der Waals surface area contributed by atoms with E-state index in [2.05, 4.69) is 25.1 Å². The zero-order valence-corrected chi connectivity index (χ0v) is 13.4. The van der Waals surface area contributed by atoms with Crippen molar-refractivity contribution in [3.05, 3.63) is 64.9 Å². The van der Waals surface area contributed by atoms with Gasteiger partial charge in [-0.25, -0.2) is 0 Å². The second-order valence-electron chi connectivity index (χ2n) is 5.55. The van der Waals surface area contributed by atoms with Crippen LogP contribution in [0, 0.1) is 11.3 Å². The number of aryl methyl sites for hydroxylation is 1. The van der Waals surface area contributed by atoms with Crippen LogP contribution in [0.2, 0.25) is 0 Å². The lowest BCUT2D eigenvalue weighted by molar-refractivity contribution is 0.414. The van der Waals surface area contributed by atoms with Gasteiger partial charge in [0.2, 0.25) is 0 Å². The maximum atomic E-state index is 9.19. The highest BCUT2D eigenvalue weighted by atomic mass is 16.5. The predicted molar refractivity (Wildman–Crippen MR) is 90.7 cm³/mol. The van der Waals surface area contributed by atoms with Crippen LogP contribution in [-0.2, 0) is 19.3 Å². The quantitative estimate of drug-likeness (QED) is 0.688. The van der Waals surface area contributed by atoms with E-state index in [1.807, 2.05) is 30.3 Å². The largest absolute Gasteiger partial charge is 0.497 e. The number of benzene rings is 2. The molecule has 0 aliphatic carbocycles. The highest BCUT2D eigenvalue weighted by Crippen LogP contribution is 2.30. The molecule has 0 amide bonds. The summed E-state index contributed by atoms with van der Waals surface area (Å²) >= 11 is 0. The minimum absolute atomic E-state index is 0.361. The molecule has 0 spiro atoms. The van der Waals surface area contributed by atoms with Crippen LogP contribution in [0.1, 0.15) is 29.4 Å². The van der Waals surface area contributed by atoms with Gasteiger partial charge < -0.3 is 9.15 Å². The lowest BCUT2D eigenvalue weighted by Gasteiger charge is -2.04. The van der Waals surface area contributed by atoms with E-state index in [9.17, 15) is 5.26 Å². The molecular weight excluding hydrogens is 286 g/mol. The number of rotatable bonds is 5. The fourth-order valence-corrected chi connectivity index (χ4v) is 2.85. The number of hydrogen-bond donors (Lipinski definition) is 0. The van der Waals surface area contributed by atoms with Crippen LogP contribution in [0.3, 0.4) is 0 Å². The van der Waals surface area contributed by atoms with Gasteiger partial charge in [0.1, 0.15) is 17.1 Å². The summed E-state index contributed by atoms with van der Waals surface area (Å²) in [6.07, 6.45) is 1.99. The average Bonchev–Trinajstić information content (AvgIpc) is 2.92. The molecule has 0 radical (unpaired) electrons. The molecule has 23 heavy (non-hydrogen) atoms. The highest BCUT2D eigenvalue weighted by Gasteiger charge is 2.15. The SMILES string of the molecule is CCc1ccc2oc(Cc3cccc(OC)c3)c(CC#N)c2c1. The second kappa shape index (κ2) is 6.58. The van der Waals surface area contributed by atoms with Crippen molar-refractivity contribution in [3.63, 3.8) is 0 Å². The molecule has 3 rings (SSSR count). The summed E-state index contributed by atoms with van der Waals surface area (Å²) in [6.45, 7) is 2.13. The Balaban J connectivity index is 2.05. The monoisotopic (exact) mass is 305 g/mol. The van der Waals surface area contributed by atoms with Crippen molar-refractivity contribution in [3.8, 4) is 11.8 Å². The van der Waals surface area contributed by atoms with E-state index in [1.165, 1.54) is 5.56 Å². The van der Waals surface area contributed by atoms with Gasteiger partial charge >= 0.3 is 0 Å². The third kappa shape index (κ3) is 3.07. The molecule has 2 aromatic carbocycles. The molecular formula is C20H19NO2. The van der Waals surface area contributed by atoms with Crippen LogP contribution in [0.25, 0.3) is 11.0 Å². The van der Waals surface area contributed by atoms with Gasteiger partial charge in [0.25, 0.3) is 0 Å². The normalized spacial score (nSPS) is 10.7. The average molecular weight is 305 g/mol. The summed E-state index contributed by atoms with van der Waals surface area (Å²) in [4.78, 5) is 0. The summed E-state index contributed by atoms with van der Waals surface area (Å²) in [5.74, 6) is 1.69. The van der Waals surface area contributed by atoms with Gasteiger partial charge in [0.05, 0.1) is 19.6 Å². The fraction of sp³-hybridized carbons (Fsp3) is 0.250. The summed E-state index contributed by atoms with van der Waals surface area (Å²) in [5.41, 5.74) is 4.22. The lowest BCUT2D eigenvalue weighted by atomic mass is 10.0. The first-order valence-electron chi connectivity index (χ1n) is 7.78. The van der Waals surface area contributed by atoms with E-state index in [-0.39, 0.29) is 0 Å². The van der Waals surface area contributed by atoms with Crippen LogP contribution in [0.5, 0.6) is 5.75 Å². The van der Waals surface area contributed by atoms with Crippen LogP contribution < -0.4 is 4.74 Å². The molecule has 3 nitrogen and oxygen atoms in total. The van der Waals surface area contributed by atoms with Crippen molar-refractivity contribution in [2.45, 2.75) is 26.2 Å². The molecule has 0 unspecified atom stereocenters. The molecule has 3 heteroatoms. The number of nitrogens with zero attached hydrogens (tertiary/aromatic N) is 1. The Morgan fingerprint density at radius 1 is 1.13 bits per heavy atom. The fourth-order valence-electron chi connectivity index (χ4n) is 2.85. The van der Waals surface area contributed by atoms with Crippen LogP contribution in [0.15, 0.2) is 46.9 Å². The smallest absolute Gasteiger partial charge is 0.134 e. The topological polar surface area (TPSA) is 46.2 Å². The lowest BCUT2D eigenvalue weighted by Crippen LogP contribution is -1.93. The molecule has 0 aliphatic rings. The van der Waals surface area contributed by atoms with Crippen molar-refractivity contribution in [2.24, 2.45) is 0 Å². The molecule has 0 saturated heterocycles. The van der Waals surface area contributed by atoms with E-state index in [0.29, 0.717) is 12.8 Å². The summed E-state index contributed by atoms with van der Waals surface area (Å²) in [6, 6.07) is 16.4. The third-order valence-corrected chi connectivity index (χ3v) is 4.10. The van der Waals surface area contributed by atoms with Gasteiger partial charge in [-0.05, 0) is 41.8 Å². The van der Waals surface area contributed by atoms with E-state index in [1.54, 1.807) is 7.11 Å². The Hall–Kier alpha value is -2.73. The second-order valence-corrected chi connectivity index (χ2v) is 5.55. The number of fused-ring (bicyclic) bond motifs is 1. The molecule has 1 heterocycles. The van der Waals surface area contributed by atoms with Crippen LogP contribution in [-0.4, -0.2) is 7.11 Å². The Morgan fingerprint density at radius 2 is 2.00 bits per heavy atom. The van der Waals surface area contributed by atoms with Gasteiger partial charge in [-0.3, -0.25) is 0 Å². The summed E-state index contributed by atoms with van der Waals surface area (Å²) in [7, 11) is 1.66. The summed E-state index contributed by atoms with van der Waals surface area (Å²) in [5, 5.41) is 10.2. The van der Waals surface area contributed by atoms with Crippen molar-refractivity contribution in [1.29, 1.82) is 5.26 Å². The molecule has 3 aromatic rings. The Kier molecular flexibility index (Phi) is 4.34. The standard InChI is InChI=1S/C20H19NO2/c1-3-14-7-8-19-18(12-14)17(9-10-21)20(23-19)13-15-5-4-6-16(11-15)22-2/h4-8,11-12H,3,9,13H2,1-2H3. The molecule has 0 atom stereocenters. The number of ether oxygens (including phenoxy) is 1. The van der Waals surface area contributed by atoms with Gasteiger partial charge in [0, 0.05) is 17.4 Å². The molecule has 0 saturated carbocycles.